The van der Waals surface area contributed by atoms with E-state index in [1.54, 1.807) is 11.3 Å². The fraction of sp³-hybridized carbons (Fsp3) is 0.786. The van der Waals surface area contributed by atoms with Gasteiger partial charge in [0.1, 0.15) is 0 Å². The van der Waals surface area contributed by atoms with E-state index in [2.05, 4.69) is 30.7 Å². The van der Waals surface area contributed by atoms with Crippen LogP contribution >= 0.6 is 11.3 Å². The van der Waals surface area contributed by atoms with E-state index in [0.29, 0.717) is 5.92 Å². The molecule has 1 fully saturated rings. The minimum absolute atomic E-state index is 0.125. The molecule has 5 heteroatoms. The van der Waals surface area contributed by atoms with E-state index in [4.69, 9.17) is 4.98 Å². The molecule has 0 aliphatic carbocycles. The molecule has 0 atom stereocenters. The molecule has 0 aromatic carbocycles. The van der Waals surface area contributed by atoms with Crippen molar-refractivity contribution in [1.29, 1.82) is 0 Å². The van der Waals surface area contributed by atoms with Crippen LogP contribution in [0.2, 0.25) is 0 Å². The number of hydrogen-bond donors (Lipinski definition) is 1. The number of rotatable bonds is 5. The van der Waals surface area contributed by atoms with Crippen molar-refractivity contribution in [2.45, 2.75) is 32.8 Å². The third-order valence-electron chi connectivity index (χ3n) is 3.70. The maximum absolute atomic E-state index is 9.38. The molecule has 1 aromatic rings. The van der Waals surface area contributed by atoms with E-state index in [0.717, 1.165) is 49.7 Å². The first-order valence-electron chi connectivity index (χ1n) is 7.10. The average Bonchev–Trinajstić information content (AvgIpc) is 2.81. The zero-order chi connectivity index (χ0) is 13.8. The Morgan fingerprint density at radius 1 is 1.26 bits per heavy atom. The molecule has 108 valence electrons. The van der Waals surface area contributed by atoms with E-state index in [1.807, 2.05) is 0 Å². The number of nitrogens with zero attached hydrogens (tertiary/aromatic N) is 3. The second kappa shape index (κ2) is 6.79. The Balaban J connectivity index is 1.89. The molecule has 0 bridgehead atoms. The third-order valence-corrected chi connectivity index (χ3v) is 4.82. The van der Waals surface area contributed by atoms with E-state index in [1.165, 1.54) is 5.01 Å². The smallest absolute Gasteiger partial charge is 0.0944 e. The van der Waals surface area contributed by atoms with Crippen LogP contribution in [0, 0.1) is 0 Å². The largest absolute Gasteiger partial charge is 0.391 e. The zero-order valence-corrected chi connectivity index (χ0v) is 13.0. The number of aromatic nitrogens is 1. The molecule has 0 unspecified atom stereocenters. The van der Waals surface area contributed by atoms with Gasteiger partial charge in [-0.05, 0) is 13.0 Å². The maximum atomic E-state index is 9.38. The number of hydrogen-bond acceptors (Lipinski definition) is 5. The van der Waals surface area contributed by atoms with Crippen molar-refractivity contribution in [3.8, 4) is 0 Å². The average molecular weight is 283 g/mol. The van der Waals surface area contributed by atoms with Gasteiger partial charge in [0.25, 0.3) is 0 Å². The molecule has 1 aromatic heterocycles. The summed E-state index contributed by atoms with van der Waals surface area (Å²) in [5.74, 6) is 0.399. The lowest BCUT2D eigenvalue weighted by Gasteiger charge is -2.32. The van der Waals surface area contributed by atoms with Gasteiger partial charge < -0.3 is 14.9 Å². The highest BCUT2D eigenvalue weighted by Gasteiger charge is 2.16. The summed E-state index contributed by atoms with van der Waals surface area (Å²) in [6, 6.07) is 0. The van der Waals surface area contributed by atoms with Crippen molar-refractivity contribution in [3.63, 3.8) is 0 Å². The zero-order valence-electron chi connectivity index (χ0n) is 12.2. The lowest BCUT2D eigenvalue weighted by atomic mass is 10.1. The summed E-state index contributed by atoms with van der Waals surface area (Å²) in [5.41, 5.74) is 1.08. The van der Waals surface area contributed by atoms with Crippen LogP contribution in [0.15, 0.2) is 0 Å². The number of aliphatic hydroxyl groups is 1. The summed E-state index contributed by atoms with van der Waals surface area (Å²) in [5, 5.41) is 10.6. The van der Waals surface area contributed by atoms with Crippen molar-refractivity contribution in [2.75, 3.05) is 39.8 Å². The lowest BCUT2D eigenvalue weighted by Crippen LogP contribution is -2.45. The van der Waals surface area contributed by atoms with E-state index < -0.39 is 0 Å². The molecule has 0 saturated carbocycles. The summed E-state index contributed by atoms with van der Waals surface area (Å²) in [4.78, 5) is 10.6. The maximum Gasteiger partial charge on any atom is 0.0944 e. The monoisotopic (exact) mass is 283 g/mol. The van der Waals surface area contributed by atoms with Crippen LogP contribution < -0.4 is 0 Å². The molecule has 4 nitrogen and oxygen atoms in total. The number of piperazine rings is 1. The van der Waals surface area contributed by atoms with E-state index in [9.17, 15) is 5.11 Å². The highest BCUT2D eigenvalue weighted by Crippen LogP contribution is 2.25. The first-order chi connectivity index (χ1) is 9.10. The van der Waals surface area contributed by atoms with Crippen molar-refractivity contribution >= 4 is 11.3 Å². The van der Waals surface area contributed by atoms with Crippen LogP contribution in [-0.4, -0.2) is 59.7 Å². The summed E-state index contributed by atoms with van der Waals surface area (Å²) >= 11 is 1.68. The summed E-state index contributed by atoms with van der Waals surface area (Å²) in [7, 11) is 2.18. The Labute approximate surface area is 120 Å². The predicted molar refractivity (Wildman–Crippen MR) is 79.8 cm³/mol. The topological polar surface area (TPSA) is 39.6 Å². The molecule has 1 aliphatic rings. The molecule has 0 spiro atoms. The number of likely N-dealkylation sites (N-methyl/N-ethyl adjacent to an activating group) is 1. The Morgan fingerprint density at radius 3 is 2.47 bits per heavy atom. The van der Waals surface area contributed by atoms with Crippen molar-refractivity contribution in [3.05, 3.63) is 15.6 Å². The van der Waals surface area contributed by atoms with Crippen LogP contribution in [-0.2, 0) is 13.0 Å². The van der Waals surface area contributed by atoms with Gasteiger partial charge in [0.2, 0.25) is 0 Å². The molecular weight excluding hydrogens is 258 g/mol. The normalized spacial score (nSPS) is 18.4. The molecule has 2 rings (SSSR count). The van der Waals surface area contributed by atoms with Crippen LogP contribution in [0.25, 0.3) is 0 Å². The summed E-state index contributed by atoms with van der Waals surface area (Å²) < 4.78 is 0. The molecule has 0 amide bonds. The summed E-state index contributed by atoms with van der Waals surface area (Å²) in [6.45, 7) is 10.1. The van der Waals surface area contributed by atoms with E-state index in [-0.39, 0.29) is 6.61 Å². The van der Waals surface area contributed by atoms with Gasteiger partial charge in [0, 0.05) is 39.1 Å². The minimum atomic E-state index is 0.125. The highest BCUT2D eigenvalue weighted by molar-refractivity contribution is 7.11. The van der Waals surface area contributed by atoms with Crippen LogP contribution in [0.4, 0.5) is 0 Å². The first-order valence-corrected chi connectivity index (χ1v) is 7.92. The van der Waals surface area contributed by atoms with Crippen molar-refractivity contribution in [2.24, 2.45) is 0 Å². The van der Waals surface area contributed by atoms with Crippen molar-refractivity contribution < 1.29 is 5.11 Å². The molecule has 2 heterocycles. The lowest BCUT2D eigenvalue weighted by molar-refractivity contribution is 0.155. The van der Waals surface area contributed by atoms with Gasteiger partial charge in [0.15, 0.2) is 0 Å². The van der Waals surface area contributed by atoms with Crippen LogP contribution in [0.5, 0.6) is 0 Å². The Kier molecular flexibility index (Phi) is 5.33. The molecule has 1 aliphatic heterocycles. The van der Waals surface area contributed by atoms with Gasteiger partial charge in [0.05, 0.1) is 22.2 Å². The fourth-order valence-corrected chi connectivity index (χ4v) is 3.48. The molecular formula is C14H25N3OS. The van der Waals surface area contributed by atoms with Gasteiger partial charge in [-0.15, -0.1) is 11.3 Å². The molecule has 19 heavy (non-hydrogen) atoms. The van der Waals surface area contributed by atoms with Crippen LogP contribution in [0.1, 0.15) is 35.3 Å². The second-order valence-corrected chi connectivity index (χ2v) is 6.79. The van der Waals surface area contributed by atoms with Gasteiger partial charge in [-0.3, -0.25) is 0 Å². The van der Waals surface area contributed by atoms with Gasteiger partial charge in [-0.2, -0.15) is 0 Å². The third kappa shape index (κ3) is 3.99. The number of thiazole rings is 1. The number of aliphatic hydroxyl groups excluding tert-OH is 1. The highest BCUT2D eigenvalue weighted by atomic mass is 32.1. The molecule has 1 N–H and O–H groups in total. The van der Waals surface area contributed by atoms with Gasteiger partial charge in [-0.1, -0.05) is 13.8 Å². The quantitative estimate of drug-likeness (QED) is 0.890. The summed E-state index contributed by atoms with van der Waals surface area (Å²) in [6.07, 6.45) is 1.01. The van der Waals surface area contributed by atoms with Gasteiger partial charge >= 0.3 is 0 Å². The fourth-order valence-electron chi connectivity index (χ4n) is 2.41. The van der Waals surface area contributed by atoms with Gasteiger partial charge in [-0.25, -0.2) is 4.98 Å². The SMILES string of the molecule is CC(C)c1nc(CCN2CCN(C)CC2)sc1CO. The Morgan fingerprint density at radius 2 is 1.95 bits per heavy atom. The molecule has 0 radical (unpaired) electrons. The van der Waals surface area contributed by atoms with Crippen LogP contribution in [0.3, 0.4) is 0 Å². The van der Waals surface area contributed by atoms with E-state index >= 15 is 0 Å². The first kappa shape index (κ1) is 14.9. The Hall–Kier alpha value is -0.490. The Bertz CT molecular complexity index is 397. The predicted octanol–water partition coefficient (Wildman–Crippen LogP) is 1.55. The van der Waals surface area contributed by atoms with Crippen molar-refractivity contribution in [1.82, 2.24) is 14.8 Å². The second-order valence-electron chi connectivity index (χ2n) is 5.62. The molecule has 1 saturated heterocycles. The standard InChI is InChI=1S/C14H25N3OS/c1-11(2)14-12(10-18)19-13(15-14)4-5-17-8-6-16(3)7-9-17/h11,18H,4-10H2,1-3H3. The minimum Gasteiger partial charge on any atom is -0.391 e.